The van der Waals surface area contributed by atoms with Gasteiger partial charge in [0.15, 0.2) is 17.3 Å². The van der Waals surface area contributed by atoms with E-state index in [1.165, 1.54) is 38.3 Å². The van der Waals surface area contributed by atoms with Gasteiger partial charge in [0.2, 0.25) is 5.91 Å². The zero-order valence-electron chi connectivity index (χ0n) is 14.2. The third-order valence-electron chi connectivity index (χ3n) is 3.39. The average Bonchev–Trinajstić information content (AvgIpc) is 2.60. The SMILES string of the molecule is COc1cccc(/C=C/C(=O)Nc2cccc(C(C)=O)c2)c1OC(F)F. The molecular formula is C19H17F2NO4. The highest BCUT2D eigenvalue weighted by atomic mass is 19.3. The summed E-state index contributed by atoms with van der Waals surface area (Å²) in [7, 11) is 1.33. The van der Waals surface area contributed by atoms with Gasteiger partial charge in [-0.25, -0.2) is 0 Å². The van der Waals surface area contributed by atoms with Crippen LogP contribution in [0.3, 0.4) is 0 Å². The van der Waals surface area contributed by atoms with E-state index in [4.69, 9.17) is 4.74 Å². The summed E-state index contributed by atoms with van der Waals surface area (Å²) in [5, 5.41) is 2.60. The molecule has 2 rings (SSSR count). The van der Waals surface area contributed by atoms with Gasteiger partial charge in [-0.05, 0) is 31.2 Å². The van der Waals surface area contributed by atoms with Crippen LogP contribution in [-0.2, 0) is 4.79 Å². The highest BCUT2D eigenvalue weighted by molar-refractivity contribution is 6.03. The average molecular weight is 361 g/mol. The van der Waals surface area contributed by atoms with E-state index in [0.29, 0.717) is 11.3 Å². The van der Waals surface area contributed by atoms with Gasteiger partial charge in [-0.1, -0.05) is 24.3 Å². The summed E-state index contributed by atoms with van der Waals surface area (Å²) >= 11 is 0. The summed E-state index contributed by atoms with van der Waals surface area (Å²) in [4.78, 5) is 23.4. The second-order valence-corrected chi connectivity index (χ2v) is 5.22. The largest absolute Gasteiger partial charge is 0.493 e. The summed E-state index contributed by atoms with van der Waals surface area (Å²) in [6, 6.07) is 11.0. The van der Waals surface area contributed by atoms with E-state index in [2.05, 4.69) is 10.1 Å². The molecule has 2 aromatic carbocycles. The van der Waals surface area contributed by atoms with Gasteiger partial charge in [-0.15, -0.1) is 0 Å². The van der Waals surface area contributed by atoms with Crippen LogP contribution >= 0.6 is 0 Å². The minimum Gasteiger partial charge on any atom is -0.493 e. The smallest absolute Gasteiger partial charge is 0.387 e. The molecule has 26 heavy (non-hydrogen) atoms. The number of benzene rings is 2. The van der Waals surface area contributed by atoms with E-state index in [1.807, 2.05) is 0 Å². The fraction of sp³-hybridized carbons (Fsp3) is 0.158. The van der Waals surface area contributed by atoms with E-state index in [-0.39, 0.29) is 22.8 Å². The number of anilines is 1. The topological polar surface area (TPSA) is 64.6 Å². The van der Waals surface area contributed by atoms with Crippen LogP contribution in [-0.4, -0.2) is 25.4 Å². The third-order valence-corrected chi connectivity index (χ3v) is 3.39. The summed E-state index contributed by atoms with van der Waals surface area (Å²) < 4.78 is 34.7. The number of ether oxygens (including phenoxy) is 2. The van der Waals surface area contributed by atoms with Crippen LogP contribution in [0.5, 0.6) is 11.5 Å². The van der Waals surface area contributed by atoms with Gasteiger partial charge in [0.1, 0.15) is 0 Å². The Hall–Kier alpha value is -3.22. The quantitative estimate of drug-likeness (QED) is 0.594. The number of para-hydroxylation sites is 1. The summed E-state index contributed by atoms with van der Waals surface area (Å²) in [6.07, 6.45) is 2.51. The van der Waals surface area contributed by atoms with Crippen LogP contribution < -0.4 is 14.8 Å². The molecule has 136 valence electrons. The number of amides is 1. The zero-order chi connectivity index (χ0) is 19.1. The summed E-state index contributed by atoms with van der Waals surface area (Å²) in [5.74, 6) is -0.645. The number of alkyl halides is 2. The van der Waals surface area contributed by atoms with Crippen molar-refractivity contribution >= 4 is 23.5 Å². The Morgan fingerprint density at radius 2 is 1.88 bits per heavy atom. The van der Waals surface area contributed by atoms with Crippen LogP contribution in [0.4, 0.5) is 14.5 Å². The van der Waals surface area contributed by atoms with Crippen molar-refractivity contribution in [1.82, 2.24) is 0 Å². The Morgan fingerprint density at radius 3 is 2.54 bits per heavy atom. The van der Waals surface area contributed by atoms with Gasteiger partial charge in [0.25, 0.3) is 0 Å². The molecular weight excluding hydrogens is 344 g/mol. The van der Waals surface area contributed by atoms with E-state index in [9.17, 15) is 18.4 Å². The number of hydrogen-bond donors (Lipinski definition) is 1. The van der Waals surface area contributed by atoms with Crippen LogP contribution in [0.15, 0.2) is 48.5 Å². The second kappa shape index (κ2) is 8.75. The van der Waals surface area contributed by atoms with E-state index in [0.717, 1.165) is 0 Å². The minimum atomic E-state index is -3.03. The van der Waals surface area contributed by atoms with Gasteiger partial charge < -0.3 is 14.8 Å². The first-order chi connectivity index (χ1) is 12.4. The Bertz CT molecular complexity index is 834. The molecule has 0 spiro atoms. The highest BCUT2D eigenvalue weighted by Crippen LogP contribution is 2.33. The maximum Gasteiger partial charge on any atom is 0.387 e. The lowest BCUT2D eigenvalue weighted by Crippen LogP contribution is -2.08. The van der Waals surface area contributed by atoms with Crippen LogP contribution in [0.1, 0.15) is 22.8 Å². The minimum absolute atomic E-state index is 0.123. The molecule has 0 atom stereocenters. The van der Waals surface area contributed by atoms with Crippen molar-refractivity contribution in [2.75, 3.05) is 12.4 Å². The Morgan fingerprint density at radius 1 is 1.15 bits per heavy atom. The van der Waals surface area contributed by atoms with Gasteiger partial charge in [0.05, 0.1) is 7.11 Å². The van der Waals surface area contributed by atoms with E-state index < -0.39 is 12.5 Å². The number of carbonyl (C=O) groups excluding carboxylic acids is 2. The molecule has 7 heteroatoms. The van der Waals surface area contributed by atoms with Gasteiger partial charge >= 0.3 is 6.61 Å². The molecule has 1 N–H and O–H groups in total. The van der Waals surface area contributed by atoms with Crippen molar-refractivity contribution in [1.29, 1.82) is 0 Å². The van der Waals surface area contributed by atoms with Crippen LogP contribution in [0.2, 0.25) is 0 Å². The van der Waals surface area contributed by atoms with E-state index >= 15 is 0 Å². The van der Waals surface area contributed by atoms with E-state index in [1.54, 1.807) is 30.3 Å². The van der Waals surface area contributed by atoms with Crippen LogP contribution in [0, 0.1) is 0 Å². The fourth-order valence-corrected chi connectivity index (χ4v) is 2.21. The molecule has 0 aromatic heterocycles. The van der Waals surface area contributed by atoms with Crippen molar-refractivity contribution < 1.29 is 27.8 Å². The molecule has 0 radical (unpaired) electrons. The fourth-order valence-electron chi connectivity index (χ4n) is 2.21. The summed E-state index contributed by atoms with van der Waals surface area (Å²) in [5.41, 5.74) is 1.17. The first kappa shape index (κ1) is 19.1. The molecule has 0 fully saturated rings. The van der Waals surface area contributed by atoms with Gasteiger partial charge in [0, 0.05) is 22.9 Å². The molecule has 2 aromatic rings. The molecule has 0 heterocycles. The number of ketones is 1. The zero-order valence-corrected chi connectivity index (χ0v) is 14.2. The lowest BCUT2D eigenvalue weighted by molar-refractivity contribution is -0.111. The molecule has 0 aliphatic carbocycles. The first-order valence-corrected chi connectivity index (χ1v) is 7.62. The highest BCUT2D eigenvalue weighted by Gasteiger charge is 2.14. The molecule has 0 bridgehead atoms. The maximum atomic E-state index is 12.6. The van der Waals surface area contributed by atoms with Gasteiger partial charge in [-0.2, -0.15) is 8.78 Å². The van der Waals surface area contributed by atoms with Crippen molar-refractivity contribution in [3.63, 3.8) is 0 Å². The monoisotopic (exact) mass is 361 g/mol. The molecule has 0 aliphatic heterocycles. The molecule has 0 saturated heterocycles. The number of halogens is 2. The van der Waals surface area contributed by atoms with Crippen molar-refractivity contribution in [2.45, 2.75) is 13.5 Å². The normalized spacial score (nSPS) is 10.8. The number of methoxy groups -OCH3 is 1. The number of Topliss-reactive ketones (excluding diaryl/α,β-unsaturated/α-hetero) is 1. The van der Waals surface area contributed by atoms with Gasteiger partial charge in [-0.3, -0.25) is 9.59 Å². The lowest BCUT2D eigenvalue weighted by atomic mass is 10.1. The third kappa shape index (κ3) is 5.14. The number of hydrogen-bond acceptors (Lipinski definition) is 4. The Labute approximate surface area is 149 Å². The maximum absolute atomic E-state index is 12.6. The second-order valence-electron chi connectivity index (χ2n) is 5.22. The summed E-state index contributed by atoms with van der Waals surface area (Å²) in [6.45, 7) is -1.60. The Kier molecular flexibility index (Phi) is 6.43. The predicted molar refractivity (Wildman–Crippen MR) is 93.7 cm³/mol. The number of carbonyl (C=O) groups is 2. The molecule has 0 saturated carbocycles. The first-order valence-electron chi connectivity index (χ1n) is 7.62. The molecule has 5 nitrogen and oxygen atoms in total. The molecule has 0 aliphatic rings. The number of nitrogens with one attached hydrogen (secondary N) is 1. The Balaban J connectivity index is 2.17. The number of rotatable bonds is 7. The predicted octanol–water partition coefficient (Wildman–Crippen LogP) is 4.15. The standard InChI is InChI=1S/C19H17F2NO4/c1-12(23)14-6-3-7-15(11-14)22-17(24)10-9-13-5-4-8-16(25-2)18(13)26-19(20)21/h3-11,19H,1-2H3,(H,22,24)/b10-9+. The molecule has 1 amide bonds. The van der Waals surface area contributed by atoms with Crippen molar-refractivity contribution in [3.05, 3.63) is 59.7 Å². The van der Waals surface area contributed by atoms with Crippen molar-refractivity contribution in [2.24, 2.45) is 0 Å². The lowest BCUT2D eigenvalue weighted by Gasteiger charge is -2.12. The molecule has 0 unspecified atom stereocenters. The van der Waals surface area contributed by atoms with Crippen LogP contribution in [0.25, 0.3) is 6.08 Å². The van der Waals surface area contributed by atoms with Crippen molar-refractivity contribution in [3.8, 4) is 11.5 Å².